The summed E-state index contributed by atoms with van der Waals surface area (Å²) >= 11 is 0. The molecule has 0 saturated carbocycles. The Morgan fingerprint density at radius 3 is 2.73 bits per heavy atom. The van der Waals surface area contributed by atoms with Crippen molar-refractivity contribution in [1.29, 1.82) is 0 Å². The molecule has 0 spiro atoms. The van der Waals surface area contributed by atoms with E-state index in [1.54, 1.807) is 6.92 Å². The molecule has 0 amide bonds. The van der Waals surface area contributed by atoms with Crippen LogP contribution in [0.15, 0.2) is 0 Å². The van der Waals surface area contributed by atoms with Crippen LogP contribution in [0.2, 0.25) is 0 Å². The monoisotopic (exact) mass is 236 g/mol. The molecule has 0 aromatic heterocycles. The van der Waals surface area contributed by atoms with Crippen LogP contribution >= 0.6 is 0 Å². The van der Waals surface area contributed by atoms with Crippen molar-refractivity contribution in [3.05, 3.63) is 0 Å². The quantitative estimate of drug-likeness (QED) is 0.726. The molecule has 2 N–H and O–H groups in total. The van der Waals surface area contributed by atoms with Gasteiger partial charge in [-0.05, 0) is 26.7 Å². The standard InChI is InChI=1S/C9H20N2O3S/c1-8(7-12)10-15(13,14)11-6-4-3-5-9(11)2/h8-10,12H,3-7H2,1-2H3. The summed E-state index contributed by atoms with van der Waals surface area (Å²) in [6.45, 7) is 3.96. The molecule has 90 valence electrons. The first kappa shape index (κ1) is 12.9. The molecular formula is C9H20N2O3S. The van der Waals surface area contributed by atoms with Gasteiger partial charge in [0.1, 0.15) is 0 Å². The van der Waals surface area contributed by atoms with Gasteiger partial charge in [-0.2, -0.15) is 17.4 Å². The van der Waals surface area contributed by atoms with Gasteiger partial charge in [0.2, 0.25) is 0 Å². The lowest BCUT2D eigenvalue weighted by atomic mass is 10.1. The van der Waals surface area contributed by atoms with Gasteiger partial charge in [0.15, 0.2) is 0 Å². The van der Waals surface area contributed by atoms with Crippen molar-refractivity contribution >= 4 is 10.2 Å². The molecule has 2 atom stereocenters. The van der Waals surface area contributed by atoms with Gasteiger partial charge in [-0.3, -0.25) is 0 Å². The van der Waals surface area contributed by atoms with Crippen molar-refractivity contribution in [2.24, 2.45) is 0 Å². The lowest BCUT2D eigenvalue weighted by Gasteiger charge is -2.32. The highest BCUT2D eigenvalue weighted by Crippen LogP contribution is 2.19. The van der Waals surface area contributed by atoms with Crippen molar-refractivity contribution in [1.82, 2.24) is 9.03 Å². The van der Waals surface area contributed by atoms with E-state index in [0.29, 0.717) is 6.54 Å². The average molecular weight is 236 g/mol. The first-order valence-electron chi connectivity index (χ1n) is 5.37. The number of aliphatic hydroxyl groups is 1. The van der Waals surface area contributed by atoms with Gasteiger partial charge in [-0.1, -0.05) is 6.42 Å². The molecule has 1 saturated heterocycles. The highest BCUT2D eigenvalue weighted by Gasteiger charge is 2.30. The average Bonchev–Trinajstić information content (AvgIpc) is 2.17. The molecular weight excluding hydrogens is 216 g/mol. The van der Waals surface area contributed by atoms with Crippen LogP contribution in [0.25, 0.3) is 0 Å². The number of rotatable bonds is 4. The van der Waals surface area contributed by atoms with Gasteiger partial charge in [0, 0.05) is 18.6 Å². The predicted molar refractivity (Wildman–Crippen MR) is 58.6 cm³/mol. The summed E-state index contributed by atoms with van der Waals surface area (Å²) in [5.74, 6) is 0. The van der Waals surface area contributed by atoms with E-state index in [1.165, 1.54) is 4.31 Å². The zero-order valence-electron chi connectivity index (χ0n) is 9.31. The largest absolute Gasteiger partial charge is 0.395 e. The van der Waals surface area contributed by atoms with E-state index in [0.717, 1.165) is 19.3 Å². The summed E-state index contributed by atoms with van der Waals surface area (Å²) < 4.78 is 27.7. The van der Waals surface area contributed by atoms with Gasteiger partial charge >= 0.3 is 0 Å². The Morgan fingerprint density at radius 1 is 1.53 bits per heavy atom. The van der Waals surface area contributed by atoms with Crippen LogP contribution < -0.4 is 4.72 Å². The highest BCUT2D eigenvalue weighted by molar-refractivity contribution is 7.87. The van der Waals surface area contributed by atoms with Crippen LogP contribution in [0, 0.1) is 0 Å². The first-order chi connectivity index (χ1) is 6.97. The molecule has 5 nitrogen and oxygen atoms in total. The normalized spacial score (nSPS) is 26.5. The Morgan fingerprint density at radius 2 is 2.20 bits per heavy atom. The van der Waals surface area contributed by atoms with Crippen molar-refractivity contribution < 1.29 is 13.5 Å². The van der Waals surface area contributed by atoms with Crippen molar-refractivity contribution in [3.8, 4) is 0 Å². The third-order valence-corrected chi connectivity index (χ3v) is 4.53. The fraction of sp³-hybridized carbons (Fsp3) is 1.00. The Hall–Kier alpha value is -0.170. The lowest BCUT2D eigenvalue weighted by Crippen LogP contribution is -2.50. The van der Waals surface area contributed by atoms with E-state index in [1.807, 2.05) is 6.92 Å². The molecule has 1 aliphatic heterocycles. The number of aliphatic hydroxyl groups excluding tert-OH is 1. The van der Waals surface area contributed by atoms with Crippen LogP contribution in [-0.4, -0.2) is 43.1 Å². The molecule has 1 fully saturated rings. The van der Waals surface area contributed by atoms with Crippen LogP contribution in [0.5, 0.6) is 0 Å². The van der Waals surface area contributed by atoms with Crippen LogP contribution in [0.3, 0.4) is 0 Å². The summed E-state index contributed by atoms with van der Waals surface area (Å²) in [6.07, 6.45) is 2.91. The number of piperidine rings is 1. The van der Waals surface area contributed by atoms with Crippen molar-refractivity contribution in [3.63, 3.8) is 0 Å². The van der Waals surface area contributed by atoms with E-state index < -0.39 is 16.3 Å². The second-order valence-electron chi connectivity index (χ2n) is 4.16. The van der Waals surface area contributed by atoms with Gasteiger partial charge in [-0.25, -0.2) is 0 Å². The number of hydrogen-bond acceptors (Lipinski definition) is 3. The third-order valence-electron chi connectivity index (χ3n) is 2.67. The fourth-order valence-electron chi connectivity index (χ4n) is 1.79. The predicted octanol–water partition coefficient (Wildman–Crippen LogP) is 0.0760. The minimum atomic E-state index is -3.42. The fourth-order valence-corrected chi connectivity index (χ4v) is 3.46. The molecule has 1 rings (SSSR count). The third kappa shape index (κ3) is 3.41. The van der Waals surface area contributed by atoms with Gasteiger partial charge in [-0.15, -0.1) is 0 Å². The van der Waals surface area contributed by atoms with Gasteiger partial charge in [0.25, 0.3) is 10.2 Å². The number of nitrogens with one attached hydrogen (secondary N) is 1. The molecule has 1 aliphatic rings. The smallest absolute Gasteiger partial charge is 0.280 e. The summed E-state index contributed by atoms with van der Waals surface area (Å²) in [7, 11) is -3.42. The molecule has 6 heteroatoms. The molecule has 0 aromatic carbocycles. The van der Waals surface area contributed by atoms with Crippen LogP contribution in [0.4, 0.5) is 0 Å². The molecule has 1 heterocycles. The number of hydrogen-bond donors (Lipinski definition) is 2. The van der Waals surface area contributed by atoms with Crippen molar-refractivity contribution in [2.75, 3.05) is 13.2 Å². The second-order valence-corrected chi connectivity index (χ2v) is 5.82. The van der Waals surface area contributed by atoms with E-state index in [-0.39, 0.29) is 12.6 Å². The van der Waals surface area contributed by atoms with Crippen LogP contribution in [0.1, 0.15) is 33.1 Å². The summed E-state index contributed by atoms with van der Waals surface area (Å²) in [6, 6.07) is -0.369. The Balaban J connectivity index is 2.67. The SMILES string of the molecule is CC(CO)NS(=O)(=O)N1CCCCC1C. The van der Waals surface area contributed by atoms with Crippen LogP contribution in [-0.2, 0) is 10.2 Å². The number of nitrogens with zero attached hydrogens (tertiary/aromatic N) is 1. The highest BCUT2D eigenvalue weighted by atomic mass is 32.2. The maximum absolute atomic E-state index is 11.9. The van der Waals surface area contributed by atoms with Gasteiger partial charge < -0.3 is 5.11 Å². The molecule has 0 aromatic rings. The summed E-state index contributed by atoms with van der Waals surface area (Å²) in [5, 5.41) is 8.82. The van der Waals surface area contributed by atoms with Gasteiger partial charge in [0.05, 0.1) is 6.61 Å². The molecule has 0 bridgehead atoms. The molecule has 15 heavy (non-hydrogen) atoms. The minimum Gasteiger partial charge on any atom is -0.395 e. The van der Waals surface area contributed by atoms with E-state index in [2.05, 4.69) is 4.72 Å². The maximum atomic E-state index is 11.9. The maximum Gasteiger partial charge on any atom is 0.280 e. The van der Waals surface area contributed by atoms with E-state index in [9.17, 15) is 8.42 Å². The van der Waals surface area contributed by atoms with E-state index in [4.69, 9.17) is 5.11 Å². The zero-order valence-corrected chi connectivity index (χ0v) is 10.1. The minimum absolute atomic E-state index is 0.0575. The lowest BCUT2D eigenvalue weighted by molar-refractivity contribution is 0.246. The molecule has 0 radical (unpaired) electrons. The van der Waals surface area contributed by atoms with E-state index >= 15 is 0 Å². The summed E-state index contributed by atoms with van der Waals surface area (Å²) in [5.41, 5.74) is 0. The van der Waals surface area contributed by atoms with Crippen molar-refractivity contribution in [2.45, 2.75) is 45.2 Å². The Bertz CT molecular complexity index is 292. The second kappa shape index (κ2) is 5.25. The topological polar surface area (TPSA) is 69.6 Å². The first-order valence-corrected chi connectivity index (χ1v) is 6.81. The molecule has 2 unspecified atom stereocenters. The Kier molecular flexibility index (Phi) is 4.51. The zero-order chi connectivity index (χ0) is 11.5. The Labute approximate surface area is 91.7 Å². The molecule has 0 aliphatic carbocycles. The summed E-state index contributed by atoms with van der Waals surface area (Å²) in [4.78, 5) is 0.